The van der Waals surface area contributed by atoms with Gasteiger partial charge in [-0.05, 0) is 83.3 Å². The van der Waals surface area contributed by atoms with Crippen LogP contribution in [0.15, 0.2) is 32.1 Å². The van der Waals surface area contributed by atoms with Gasteiger partial charge >= 0.3 is 18.3 Å². The highest BCUT2D eigenvalue weighted by molar-refractivity contribution is 9.11. The second-order valence-electron chi connectivity index (χ2n) is 8.54. The van der Waals surface area contributed by atoms with Gasteiger partial charge < -0.3 is 15.6 Å². The number of rotatable bonds is 7. The number of carbonyl (C=O) groups is 2. The highest BCUT2D eigenvalue weighted by Gasteiger charge is 2.32. The lowest BCUT2D eigenvalue weighted by Gasteiger charge is -2.09. The molecule has 4 aromatic heterocycles. The molecule has 0 aromatic carbocycles. The van der Waals surface area contributed by atoms with Crippen LogP contribution in [0.25, 0.3) is 0 Å². The molecule has 4 aromatic rings. The van der Waals surface area contributed by atoms with Gasteiger partial charge in [0.1, 0.15) is 0 Å². The van der Waals surface area contributed by atoms with Gasteiger partial charge in [0.25, 0.3) is 0 Å². The van der Waals surface area contributed by atoms with E-state index in [4.69, 9.17) is 10.8 Å². The Morgan fingerprint density at radius 3 is 1.65 bits per heavy atom. The normalized spacial score (nSPS) is 10.6. The molecule has 48 heavy (non-hydrogen) atoms. The van der Waals surface area contributed by atoms with E-state index in [1.807, 2.05) is 0 Å². The van der Waals surface area contributed by atoms with Crippen LogP contribution in [-0.4, -0.2) is 60.9 Å². The van der Waals surface area contributed by atoms with Gasteiger partial charge in [0, 0.05) is 37.2 Å². The van der Waals surface area contributed by atoms with Crippen molar-refractivity contribution in [3.63, 3.8) is 0 Å². The second kappa shape index (κ2) is 21.4. The minimum absolute atomic E-state index is 0. The fourth-order valence-corrected chi connectivity index (χ4v) is 5.26. The van der Waals surface area contributed by atoms with Crippen LogP contribution in [0, 0.1) is 13.8 Å². The molecule has 266 valence electrons. The standard InChI is InChI=1S/C12H9BrF3N3OS.C8H9F3N2.C5H5BrN2O2S.CH4O.ClH/c1-6-4-7(12(14,15)16)5-8(17-6)2-3-9(20)10-18-19-11(13)21-10;1-5-2-6(8(9,10)11)3-7(4-12)13-5;1-2-10-4(9)3-7-8-5(6)11-3;1-2;/h4-5H,2-3H2,1H3;2-3H,4,12H2,1H3;2H2,1H3;2H,1H3;1H. The summed E-state index contributed by atoms with van der Waals surface area (Å²) >= 11 is 8.42. The van der Waals surface area contributed by atoms with Crippen LogP contribution in [0.3, 0.4) is 0 Å². The summed E-state index contributed by atoms with van der Waals surface area (Å²) in [4.78, 5) is 30.6. The van der Waals surface area contributed by atoms with E-state index in [1.54, 1.807) is 6.92 Å². The van der Waals surface area contributed by atoms with Crippen molar-refractivity contribution in [3.05, 3.63) is 76.0 Å². The Morgan fingerprint density at radius 1 is 0.812 bits per heavy atom. The average molecular weight is 876 g/mol. The lowest BCUT2D eigenvalue weighted by atomic mass is 10.1. The van der Waals surface area contributed by atoms with Crippen molar-refractivity contribution in [3.8, 4) is 0 Å². The average Bonchev–Trinajstić information content (AvgIpc) is 3.64. The molecule has 0 aliphatic rings. The molecule has 0 fully saturated rings. The van der Waals surface area contributed by atoms with E-state index in [2.05, 4.69) is 67.0 Å². The van der Waals surface area contributed by atoms with Crippen molar-refractivity contribution < 1.29 is 45.8 Å². The van der Waals surface area contributed by atoms with Crippen molar-refractivity contribution in [2.24, 2.45) is 5.73 Å². The quantitative estimate of drug-likeness (QED) is 0.109. The van der Waals surface area contributed by atoms with E-state index >= 15 is 0 Å². The van der Waals surface area contributed by atoms with Gasteiger partial charge in [-0.2, -0.15) is 26.3 Å². The molecule has 11 nitrogen and oxygen atoms in total. The highest BCUT2D eigenvalue weighted by Crippen LogP contribution is 2.31. The number of ether oxygens (including phenoxy) is 1. The molecular formula is C26H28Br2ClF6N7O4S2. The Morgan fingerprint density at radius 2 is 1.25 bits per heavy atom. The van der Waals surface area contributed by atoms with Crippen LogP contribution in [-0.2, 0) is 30.1 Å². The van der Waals surface area contributed by atoms with Crippen LogP contribution in [0.1, 0.15) is 66.9 Å². The van der Waals surface area contributed by atoms with Crippen LogP contribution < -0.4 is 5.73 Å². The molecule has 22 heteroatoms. The lowest BCUT2D eigenvalue weighted by Crippen LogP contribution is -2.09. The first-order valence-corrected chi connectivity index (χ1v) is 16.1. The van der Waals surface area contributed by atoms with Gasteiger partial charge in [0.15, 0.2) is 18.6 Å². The van der Waals surface area contributed by atoms with Crippen molar-refractivity contribution in [2.45, 2.75) is 52.5 Å². The third-order valence-electron chi connectivity index (χ3n) is 4.97. The number of Topliss-reactive ketones (excluding diaryl/α,β-unsaturated/α-hetero) is 1. The number of alkyl halides is 6. The van der Waals surface area contributed by atoms with Gasteiger partial charge in [-0.3, -0.25) is 14.8 Å². The van der Waals surface area contributed by atoms with Crippen LogP contribution >= 0.6 is 66.9 Å². The summed E-state index contributed by atoms with van der Waals surface area (Å²) in [7, 11) is 1.00. The smallest absolute Gasteiger partial charge is 0.416 e. The number of halogens is 9. The monoisotopic (exact) mass is 873 g/mol. The van der Waals surface area contributed by atoms with Crippen molar-refractivity contribution in [1.82, 2.24) is 30.4 Å². The molecule has 0 atom stereocenters. The number of hydrogen-bond acceptors (Lipinski definition) is 13. The molecule has 0 aliphatic carbocycles. The summed E-state index contributed by atoms with van der Waals surface area (Å²) in [5.41, 5.74) is 4.84. The molecular weight excluding hydrogens is 848 g/mol. The second-order valence-corrected chi connectivity index (χ2v) is 13.0. The zero-order valence-electron chi connectivity index (χ0n) is 25.3. The topological polar surface area (TPSA) is 167 Å². The number of nitrogens with two attached hydrogens (primary N) is 1. The van der Waals surface area contributed by atoms with E-state index in [1.165, 1.54) is 13.8 Å². The number of nitrogens with zero attached hydrogens (tertiary/aromatic N) is 6. The number of pyridine rings is 2. The maximum absolute atomic E-state index is 12.7. The number of carbonyl (C=O) groups excluding carboxylic acids is 2. The molecule has 4 heterocycles. The van der Waals surface area contributed by atoms with Gasteiger partial charge in [-0.15, -0.1) is 32.8 Å². The first-order valence-electron chi connectivity index (χ1n) is 12.9. The van der Waals surface area contributed by atoms with Crippen molar-refractivity contribution >= 4 is 78.7 Å². The number of esters is 1. The van der Waals surface area contributed by atoms with Crippen molar-refractivity contribution in [2.75, 3.05) is 13.7 Å². The van der Waals surface area contributed by atoms with Crippen LogP contribution in [0.4, 0.5) is 26.3 Å². The zero-order valence-corrected chi connectivity index (χ0v) is 30.9. The summed E-state index contributed by atoms with van der Waals surface area (Å²) in [6, 6.07) is 3.91. The summed E-state index contributed by atoms with van der Waals surface area (Å²) < 4.78 is 80.5. The predicted octanol–water partition coefficient (Wildman–Crippen LogP) is 7.21. The zero-order chi connectivity index (χ0) is 35.9. The minimum atomic E-state index is -4.42. The number of ketones is 1. The molecule has 0 amide bonds. The third kappa shape index (κ3) is 16.1. The van der Waals surface area contributed by atoms with E-state index in [0.29, 0.717) is 20.1 Å². The first kappa shape index (κ1) is 45.3. The lowest BCUT2D eigenvalue weighted by molar-refractivity contribution is -0.138. The Hall–Kier alpha value is -2.69. The molecule has 0 spiro atoms. The fourth-order valence-electron chi connectivity index (χ4n) is 3.18. The highest BCUT2D eigenvalue weighted by atomic mass is 79.9. The first-order chi connectivity index (χ1) is 21.9. The van der Waals surface area contributed by atoms with E-state index in [9.17, 15) is 35.9 Å². The summed E-state index contributed by atoms with van der Waals surface area (Å²) in [5.74, 6) is -0.689. The Balaban J connectivity index is 0.000000707. The SMILES string of the molecule is CCOC(=O)c1nnc(Br)s1.CO.Cc1cc(C(F)(F)F)cc(CCC(=O)c2nnc(Br)s2)n1.Cc1cc(C(F)(F)F)cc(CN)n1.Cl. The Bertz CT molecular complexity index is 1610. The number of aryl methyl sites for hydroxylation is 3. The number of hydrogen-bond donors (Lipinski definition) is 2. The molecule has 3 N–H and O–H groups in total. The number of aliphatic hydroxyl groups is 1. The maximum atomic E-state index is 12.7. The largest absolute Gasteiger partial charge is 0.461 e. The molecule has 4 rings (SSSR count). The fraction of sp³-hybridized carbons (Fsp3) is 0.385. The molecule has 0 saturated heterocycles. The van der Waals surface area contributed by atoms with Gasteiger partial charge in [0.2, 0.25) is 5.01 Å². The van der Waals surface area contributed by atoms with E-state index < -0.39 is 29.4 Å². The molecule has 0 unspecified atom stereocenters. The van der Waals surface area contributed by atoms with Gasteiger partial charge in [0.05, 0.1) is 23.4 Å². The van der Waals surface area contributed by atoms with Gasteiger partial charge in [-0.25, -0.2) is 4.79 Å². The summed E-state index contributed by atoms with van der Waals surface area (Å²) in [6.07, 6.45) is -8.58. The van der Waals surface area contributed by atoms with Crippen LogP contribution in [0.5, 0.6) is 0 Å². The van der Waals surface area contributed by atoms with E-state index in [-0.39, 0.29) is 64.7 Å². The molecule has 0 bridgehead atoms. The summed E-state index contributed by atoms with van der Waals surface area (Å²) in [6.45, 7) is 5.12. The number of aromatic nitrogens is 6. The predicted molar refractivity (Wildman–Crippen MR) is 175 cm³/mol. The molecule has 0 radical (unpaired) electrons. The molecule has 0 saturated carbocycles. The van der Waals surface area contributed by atoms with Crippen molar-refractivity contribution in [1.29, 1.82) is 0 Å². The minimum Gasteiger partial charge on any atom is -0.461 e. The number of aliphatic hydroxyl groups excluding tert-OH is 1. The van der Waals surface area contributed by atoms with Crippen LogP contribution in [0.2, 0.25) is 0 Å². The Labute approximate surface area is 301 Å². The maximum Gasteiger partial charge on any atom is 0.416 e. The summed E-state index contributed by atoms with van der Waals surface area (Å²) in [5, 5.41) is 22.0. The molecule has 0 aliphatic heterocycles. The third-order valence-corrected chi connectivity index (χ3v) is 7.71. The van der Waals surface area contributed by atoms with E-state index in [0.717, 1.165) is 54.0 Å². The van der Waals surface area contributed by atoms with Gasteiger partial charge in [-0.1, -0.05) is 22.7 Å². The Kier molecular flexibility index (Phi) is 20.2.